The molecule has 1 saturated heterocycles. The molecule has 136 valence electrons. The molecule has 3 rings (SSSR count). The maximum absolute atomic E-state index is 12.8. The molecule has 2 heterocycles. The second-order valence-corrected chi connectivity index (χ2v) is 6.33. The van der Waals surface area contributed by atoms with Gasteiger partial charge in [-0.1, -0.05) is 25.1 Å². The van der Waals surface area contributed by atoms with E-state index in [9.17, 15) is 9.59 Å². The van der Waals surface area contributed by atoms with Gasteiger partial charge in [-0.25, -0.2) is 0 Å². The number of anilines is 1. The van der Waals surface area contributed by atoms with Crippen molar-refractivity contribution in [1.29, 1.82) is 0 Å². The first kappa shape index (κ1) is 17.9. The molecule has 1 fully saturated rings. The fraction of sp³-hybridized carbons (Fsp3) is 0.350. The summed E-state index contributed by atoms with van der Waals surface area (Å²) in [5.41, 5.74) is 2.06. The normalized spacial score (nSPS) is 14.2. The molecule has 0 unspecified atom stereocenters. The van der Waals surface area contributed by atoms with E-state index >= 15 is 0 Å². The number of pyridine rings is 1. The quantitative estimate of drug-likeness (QED) is 0.896. The predicted octanol–water partition coefficient (Wildman–Crippen LogP) is 2.18. The number of para-hydroxylation sites is 1. The van der Waals surface area contributed by atoms with Crippen LogP contribution in [0.3, 0.4) is 0 Å². The van der Waals surface area contributed by atoms with Crippen LogP contribution in [0.1, 0.15) is 34.1 Å². The van der Waals surface area contributed by atoms with E-state index in [1.165, 1.54) is 18.1 Å². The van der Waals surface area contributed by atoms with E-state index in [1.54, 1.807) is 6.07 Å². The Bertz CT molecular complexity index is 755. The molecule has 0 saturated carbocycles. The Morgan fingerprint density at radius 2 is 1.73 bits per heavy atom. The van der Waals surface area contributed by atoms with Crippen molar-refractivity contribution in [1.82, 2.24) is 15.2 Å². The number of hydrogen-bond donors (Lipinski definition) is 1. The van der Waals surface area contributed by atoms with Gasteiger partial charge in [-0.05, 0) is 24.6 Å². The fourth-order valence-electron chi connectivity index (χ4n) is 3.01. The largest absolute Gasteiger partial charge is 0.368 e. The van der Waals surface area contributed by atoms with Gasteiger partial charge in [0.15, 0.2) is 0 Å². The van der Waals surface area contributed by atoms with Crippen LogP contribution in [0.5, 0.6) is 0 Å². The highest BCUT2D eigenvalue weighted by Crippen LogP contribution is 2.17. The lowest BCUT2D eigenvalue weighted by atomic mass is 10.1. The molecule has 2 aromatic rings. The summed E-state index contributed by atoms with van der Waals surface area (Å²) in [6.07, 6.45) is 3.89. The Hall–Kier alpha value is -2.89. The maximum atomic E-state index is 12.8. The molecule has 0 radical (unpaired) electrons. The Kier molecular flexibility index (Phi) is 5.84. The van der Waals surface area contributed by atoms with E-state index in [4.69, 9.17) is 0 Å². The van der Waals surface area contributed by atoms with E-state index < -0.39 is 0 Å². The third kappa shape index (κ3) is 4.20. The van der Waals surface area contributed by atoms with Gasteiger partial charge in [-0.15, -0.1) is 0 Å². The number of hydrogen-bond acceptors (Lipinski definition) is 4. The average Bonchev–Trinajstić information content (AvgIpc) is 2.72. The molecule has 1 aromatic heterocycles. The van der Waals surface area contributed by atoms with E-state index in [2.05, 4.69) is 27.3 Å². The smallest absolute Gasteiger partial charge is 0.255 e. The minimum absolute atomic E-state index is 0.0737. The molecule has 0 aliphatic carbocycles. The highest BCUT2D eigenvalue weighted by atomic mass is 16.2. The molecule has 2 amide bonds. The van der Waals surface area contributed by atoms with Crippen LogP contribution in [0.15, 0.2) is 48.8 Å². The van der Waals surface area contributed by atoms with Gasteiger partial charge in [0.1, 0.15) is 0 Å². The van der Waals surface area contributed by atoms with Crippen LogP contribution in [0.25, 0.3) is 0 Å². The number of carbonyl (C=O) groups excluding carboxylic acids is 2. The lowest BCUT2D eigenvalue weighted by Gasteiger charge is -2.36. The van der Waals surface area contributed by atoms with Crippen molar-refractivity contribution in [2.24, 2.45) is 0 Å². The molecule has 1 N–H and O–H groups in total. The summed E-state index contributed by atoms with van der Waals surface area (Å²) in [5, 5.41) is 2.81. The molecular formula is C20H24N4O2. The number of aromatic nitrogens is 1. The molecule has 0 bridgehead atoms. The minimum Gasteiger partial charge on any atom is -0.368 e. The Morgan fingerprint density at radius 3 is 2.42 bits per heavy atom. The summed E-state index contributed by atoms with van der Waals surface area (Å²) < 4.78 is 0. The molecular weight excluding hydrogens is 328 g/mol. The zero-order chi connectivity index (χ0) is 18.4. The number of amides is 2. The molecule has 0 spiro atoms. The first-order valence-corrected chi connectivity index (χ1v) is 9.01. The Morgan fingerprint density at radius 1 is 1.04 bits per heavy atom. The first-order valence-electron chi connectivity index (χ1n) is 9.01. The second-order valence-electron chi connectivity index (χ2n) is 6.33. The van der Waals surface area contributed by atoms with Crippen molar-refractivity contribution < 1.29 is 9.59 Å². The lowest BCUT2D eigenvalue weighted by molar-refractivity contribution is 0.0746. The van der Waals surface area contributed by atoms with Crippen LogP contribution in [-0.2, 0) is 0 Å². The molecule has 1 aliphatic rings. The minimum atomic E-state index is -0.192. The number of nitrogens with zero attached hydrogens (tertiary/aromatic N) is 3. The number of piperazine rings is 1. The third-order valence-electron chi connectivity index (χ3n) is 4.47. The van der Waals surface area contributed by atoms with E-state index in [0.29, 0.717) is 30.8 Å². The van der Waals surface area contributed by atoms with Crippen LogP contribution >= 0.6 is 0 Å². The van der Waals surface area contributed by atoms with Crippen molar-refractivity contribution in [2.45, 2.75) is 13.3 Å². The van der Waals surface area contributed by atoms with Crippen LogP contribution in [0.4, 0.5) is 5.69 Å². The first-order chi connectivity index (χ1) is 12.7. The van der Waals surface area contributed by atoms with Gasteiger partial charge in [0, 0.05) is 50.8 Å². The molecule has 1 aromatic carbocycles. The standard InChI is InChI=1S/C20H24N4O2/c1-2-8-22-19(25)16-13-17(15-21-14-16)20(26)24-11-9-23(10-12-24)18-6-4-3-5-7-18/h3-7,13-15H,2,8-12H2,1H3,(H,22,25). The van der Waals surface area contributed by atoms with Crippen LogP contribution in [0, 0.1) is 0 Å². The summed E-state index contributed by atoms with van der Waals surface area (Å²) in [6.45, 7) is 5.49. The Labute approximate surface area is 153 Å². The lowest BCUT2D eigenvalue weighted by Crippen LogP contribution is -2.48. The van der Waals surface area contributed by atoms with Gasteiger partial charge in [-0.3, -0.25) is 14.6 Å². The van der Waals surface area contributed by atoms with Crippen molar-refractivity contribution in [2.75, 3.05) is 37.6 Å². The molecule has 26 heavy (non-hydrogen) atoms. The zero-order valence-electron chi connectivity index (χ0n) is 15.0. The number of benzene rings is 1. The molecule has 6 heteroatoms. The van der Waals surface area contributed by atoms with Gasteiger partial charge >= 0.3 is 0 Å². The van der Waals surface area contributed by atoms with Crippen molar-refractivity contribution >= 4 is 17.5 Å². The zero-order valence-corrected chi connectivity index (χ0v) is 15.0. The van der Waals surface area contributed by atoms with Crippen molar-refractivity contribution in [3.8, 4) is 0 Å². The van der Waals surface area contributed by atoms with Gasteiger partial charge < -0.3 is 15.1 Å². The van der Waals surface area contributed by atoms with E-state index in [1.807, 2.05) is 30.0 Å². The number of rotatable bonds is 5. The van der Waals surface area contributed by atoms with E-state index in [0.717, 1.165) is 19.5 Å². The predicted molar refractivity (Wildman–Crippen MR) is 101 cm³/mol. The van der Waals surface area contributed by atoms with Crippen molar-refractivity contribution in [3.63, 3.8) is 0 Å². The number of carbonyl (C=O) groups is 2. The van der Waals surface area contributed by atoms with Gasteiger partial charge in [0.05, 0.1) is 11.1 Å². The van der Waals surface area contributed by atoms with Crippen LogP contribution in [0.2, 0.25) is 0 Å². The summed E-state index contributed by atoms with van der Waals surface area (Å²) >= 11 is 0. The highest BCUT2D eigenvalue weighted by Gasteiger charge is 2.23. The Balaban J connectivity index is 1.62. The summed E-state index contributed by atoms with van der Waals surface area (Å²) in [6, 6.07) is 11.8. The van der Waals surface area contributed by atoms with Gasteiger partial charge in [0.2, 0.25) is 0 Å². The van der Waals surface area contributed by atoms with Crippen LogP contribution in [-0.4, -0.2) is 54.4 Å². The highest BCUT2D eigenvalue weighted by molar-refractivity contribution is 5.99. The van der Waals surface area contributed by atoms with Gasteiger partial charge in [0.25, 0.3) is 11.8 Å². The van der Waals surface area contributed by atoms with Crippen LogP contribution < -0.4 is 10.2 Å². The summed E-state index contributed by atoms with van der Waals surface area (Å²) in [7, 11) is 0. The topological polar surface area (TPSA) is 65.5 Å². The fourth-order valence-corrected chi connectivity index (χ4v) is 3.01. The molecule has 0 atom stereocenters. The SMILES string of the molecule is CCCNC(=O)c1cncc(C(=O)N2CCN(c3ccccc3)CC2)c1. The second kappa shape index (κ2) is 8.47. The monoisotopic (exact) mass is 352 g/mol. The molecule has 1 aliphatic heterocycles. The van der Waals surface area contributed by atoms with Gasteiger partial charge in [-0.2, -0.15) is 0 Å². The third-order valence-corrected chi connectivity index (χ3v) is 4.47. The molecule has 6 nitrogen and oxygen atoms in total. The number of nitrogens with one attached hydrogen (secondary N) is 1. The summed E-state index contributed by atoms with van der Waals surface area (Å²) in [4.78, 5) is 33.0. The maximum Gasteiger partial charge on any atom is 0.255 e. The average molecular weight is 352 g/mol. The van der Waals surface area contributed by atoms with E-state index in [-0.39, 0.29) is 11.8 Å². The summed E-state index contributed by atoms with van der Waals surface area (Å²) in [5.74, 6) is -0.266. The van der Waals surface area contributed by atoms with Crippen molar-refractivity contribution in [3.05, 3.63) is 59.9 Å².